The summed E-state index contributed by atoms with van der Waals surface area (Å²) in [4.78, 5) is 6.36. The number of anilines is 1. The topological polar surface area (TPSA) is 71.3 Å². The summed E-state index contributed by atoms with van der Waals surface area (Å²) in [5.41, 5.74) is 0.852. The summed E-state index contributed by atoms with van der Waals surface area (Å²) in [6.07, 6.45) is 1.68. The van der Waals surface area contributed by atoms with Crippen molar-refractivity contribution >= 4 is 35.6 Å². The van der Waals surface area contributed by atoms with Crippen LogP contribution >= 0.6 is 24.0 Å². The van der Waals surface area contributed by atoms with Crippen LogP contribution in [0.1, 0.15) is 11.8 Å². The molecule has 1 heterocycles. The fourth-order valence-corrected chi connectivity index (χ4v) is 2.44. The normalized spacial score (nSPS) is 12.3. The Morgan fingerprint density at radius 3 is 2.46 bits per heavy atom. The fraction of sp³-hybridized carbons (Fsp3) is 0.389. The molecule has 1 aromatic carbocycles. The zero-order valence-corrected chi connectivity index (χ0v) is 18.1. The van der Waals surface area contributed by atoms with Gasteiger partial charge in [-0.2, -0.15) is 0 Å². The average molecular weight is 474 g/mol. The van der Waals surface area contributed by atoms with Crippen molar-refractivity contribution in [3.63, 3.8) is 0 Å². The van der Waals surface area contributed by atoms with E-state index in [2.05, 4.69) is 20.5 Å². The number of hydrogen-bond acceptors (Lipinski definition) is 5. The third-order valence-electron chi connectivity index (χ3n) is 3.83. The van der Waals surface area contributed by atoms with E-state index in [1.807, 2.05) is 44.4 Å². The number of ether oxygens (including phenoxy) is 2. The van der Waals surface area contributed by atoms with E-state index in [-0.39, 0.29) is 30.0 Å². The van der Waals surface area contributed by atoms with E-state index in [1.54, 1.807) is 27.5 Å². The molecule has 7 nitrogen and oxygen atoms in total. The van der Waals surface area contributed by atoms with Gasteiger partial charge in [-0.15, -0.1) is 24.0 Å². The van der Waals surface area contributed by atoms with Crippen molar-refractivity contribution in [2.24, 2.45) is 4.99 Å². The molecule has 0 saturated carbocycles. The van der Waals surface area contributed by atoms with Crippen LogP contribution in [-0.2, 0) is 0 Å². The van der Waals surface area contributed by atoms with Crippen molar-refractivity contribution < 1.29 is 13.9 Å². The minimum absolute atomic E-state index is 0. The van der Waals surface area contributed by atoms with Crippen molar-refractivity contribution in [3.8, 4) is 11.5 Å². The smallest absolute Gasteiger partial charge is 0.195 e. The SMILES string of the molecule is CN=C(NCC(c1ccco1)N(C)C)Nc1ccc(OC)c(OC)c1.I. The number of hydrogen-bond donors (Lipinski definition) is 2. The quantitative estimate of drug-likeness (QED) is 0.365. The average Bonchev–Trinajstić information content (AvgIpc) is 3.14. The number of halogens is 1. The number of benzene rings is 1. The largest absolute Gasteiger partial charge is 0.493 e. The molecule has 0 aliphatic heterocycles. The van der Waals surface area contributed by atoms with Crippen molar-refractivity contribution in [1.29, 1.82) is 0 Å². The van der Waals surface area contributed by atoms with Gasteiger partial charge in [0.15, 0.2) is 17.5 Å². The fourth-order valence-electron chi connectivity index (χ4n) is 2.44. The highest BCUT2D eigenvalue weighted by atomic mass is 127. The van der Waals surface area contributed by atoms with Gasteiger partial charge in [0, 0.05) is 25.3 Å². The summed E-state index contributed by atoms with van der Waals surface area (Å²) in [7, 11) is 8.98. The predicted octanol–water partition coefficient (Wildman–Crippen LogP) is 3.21. The van der Waals surface area contributed by atoms with E-state index >= 15 is 0 Å². The van der Waals surface area contributed by atoms with Gasteiger partial charge in [-0.05, 0) is 38.4 Å². The van der Waals surface area contributed by atoms with Crippen LogP contribution in [0.4, 0.5) is 5.69 Å². The molecule has 144 valence electrons. The number of aliphatic imine (C=N–C) groups is 1. The molecule has 0 spiro atoms. The second kappa shape index (κ2) is 10.9. The highest BCUT2D eigenvalue weighted by Gasteiger charge is 2.17. The summed E-state index contributed by atoms with van der Waals surface area (Å²) in [5, 5.41) is 6.57. The first kappa shape index (κ1) is 22.1. The molecular weight excluding hydrogens is 447 g/mol. The van der Waals surface area contributed by atoms with Crippen LogP contribution in [0.5, 0.6) is 11.5 Å². The summed E-state index contributed by atoms with van der Waals surface area (Å²) >= 11 is 0. The van der Waals surface area contributed by atoms with Crippen LogP contribution in [0.15, 0.2) is 46.0 Å². The molecule has 0 amide bonds. The van der Waals surface area contributed by atoms with Gasteiger partial charge in [-0.1, -0.05) is 0 Å². The Labute approximate surface area is 171 Å². The number of nitrogens with one attached hydrogen (secondary N) is 2. The number of guanidine groups is 1. The molecule has 0 bridgehead atoms. The third kappa shape index (κ3) is 5.80. The molecule has 0 fully saturated rings. The lowest BCUT2D eigenvalue weighted by atomic mass is 10.2. The van der Waals surface area contributed by atoms with Crippen LogP contribution in [0.3, 0.4) is 0 Å². The number of furan rings is 1. The van der Waals surface area contributed by atoms with E-state index in [4.69, 9.17) is 13.9 Å². The van der Waals surface area contributed by atoms with Gasteiger partial charge in [0.2, 0.25) is 0 Å². The number of rotatable bonds is 7. The number of likely N-dealkylation sites (N-methyl/N-ethyl adjacent to an activating group) is 1. The molecule has 8 heteroatoms. The maximum Gasteiger partial charge on any atom is 0.195 e. The molecule has 1 aromatic heterocycles. The maximum absolute atomic E-state index is 5.52. The van der Waals surface area contributed by atoms with Gasteiger partial charge in [0.1, 0.15) is 5.76 Å². The van der Waals surface area contributed by atoms with Crippen LogP contribution in [-0.4, -0.2) is 52.8 Å². The zero-order valence-electron chi connectivity index (χ0n) is 15.8. The van der Waals surface area contributed by atoms with E-state index in [1.165, 1.54) is 0 Å². The number of methoxy groups -OCH3 is 2. The molecule has 2 rings (SSSR count). The molecule has 0 aliphatic rings. The molecule has 1 atom stereocenters. The maximum atomic E-state index is 5.52. The Morgan fingerprint density at radius 2 is 1.92 bits per heavy atom. The van der Waals surface area contributed by atoms with Crippen LogP contribution < -0.4 is 20.1 Å². The minimum Gasteiger partial charge on any atom is -0.493 e. The highest BCUT2D eigenvalue weighted by Crippen LogP contribution is 2.29. The van der Waals surface area contributed by atoms with E-state index in [0.29, 0.717) is 24.0 Å². The summed E-state index contributed by atoms with van der Waals surface area (Å²) in [6.45, 7) is 0.646. The number of nitrogens with zero attached hydrogens (tertiary/aromatic N) is 2. The van der Waals surface area contributed by atoms with Crippen LogP contribution in [0.25, 0.3) is 0 Å². The first-order valence-corrected chi connectivity index (χ1v) is 7.98. The second-order valence-corrected chi connectivity index (χ2v) is 5.64. The molecule has 1 unspecified atom stereocenters. The minimum atomic E-state index is 0. The first-order valence-electron chi connectivity index (χ1n) is 7.98. The summed E-state index contributed by atoms with van der Waals surface area (Å²) in [5.74, 6) is 2.90. The standard InChI is InChI=1S/C18H26N4O3.HI/c1-19-18(20-12-14(22(2)3)15-7-6-10-25-15)21-13-8-9-16(23-4)17(11-13)24-5;/h6-11,14H,12H2,1-5H3,(H2,19,20,21);1H. The Hall–Kier alpha value is -1.94. The van der Waals surface area contributed by atoms with Crippen molar-refractivity contribution in [2.45, 2.75) is 6.04 Å². The summed E-state index contributed by atoms with van der Waals surface area (Å²) < 4.78 is 16.1. The lowest BCUT2D eigenvalue weighted by Crippen LogP contribution is -2.37. The van der Waals surface area contributed by atoms with Crippen molar-refractivity contribution in [2.75, 3.05) is 47.2 Å². The molecule has 0 saturated heterocycles. The van der Waals surface area contributed by atoms with Gasteiger partial charge in [-0.3, -0.25) is 9.89 Å². The lowest BCUT2D eigenvalue weighted by molar-refractivity contribution is 0.258. The van der Waals surface area contributed by atoms with E-state index in [0.717, 1.165) is 11.4 Å². The highest BCUT2D eigenvalue weighted by molar-refractivity contribution is 14.0. The van der Waals surface area contributed by atoms with Crippen molar-refractivity contribution in [1.82, 2.24) is 10.2 Å². The Balaban J connectivity index is 0.00000338. The zero-order chi connectivity index (χ0) is 18.2. The molecule has 2 aromatic rings. The molecule has 2 N–H and O–H groups in total. The Morgan fingerprint density at radius 1 is 1.19 bits per heavy atom. The molecule has 26 heavy (non-hydrogen) atoms. The van der Waals surface area contributed by atoms with Gasteiger partial charge >= 0.3 is 0 Å². The van der Waals surface area contributed by atoms with Gasteiger partial charge < -0.3 is 24.5 Å². The van der Waals surface area contributed by atoms with Gasteiger partial charge in [0.25, 0.3) is 0 Å². The predicted molar refractivity (Wildman–Crippen MR) is 115 cm³/mol. The third-order valence-corrected chi connectivity index (χ3v) is 3.83. The van der Waals surface area contributed by atoms with E-state index in [9.17, 15) is 0 Å². The van der Waals surface area contributed by atoms with E-state index < -0.39 is 0 Å². The van der Waals surface area contributed by atoms with Crippen LogP contribution in [0, 0.1) is 0 Å². The second-order valence-electron chi connectivity index (χ2n) is 5.64. The molecular formula is C18H27IN4O3. The first-order chi connectivity index (χ1) is 12.1. The summed E-state index contributed by atoms with van der Waals surface area (Å²) in [6, 6.07) is 9.57. The molecule has 0 aliphatic carbocycles. The van der Waals surface area contributed by atoms with Crippen LogP contribution in [0.2, 0.25) is 0 Å². The van der Waals surface area contributed by atoms with Crippen molar-refractivity contribution in [3.05, 3.63) is 42.4 Å². The van der Waals surface area contributed by atoms with Gasteiger partial charge in [-0.25, -0.2) is 0 Å². The Bertz CT molecular complexity index is 690. The van der Waals surface area contributed by atoms with Gasteiger partial charge in [0.05, 0.1) is 26.5 Å². The lowest BCUT2D eigenvalue weighted by Gasteiger charge is -2.23. The molecule has 0 radical (unpaired) electrons. The Kier molecular flexibility index (Phi) is 9.28. The monoisotopic (exact) mass is 474 g/mol.